The number of hydrogen-bond donors (Lipinski definition) is 2. The highest BCUT2D eigenvalue weighted by atomic mass is 32.1. The van der Waals surface area contributed by atoms with Crippen molar-refractivity contribution in [2.24, 2.45) is 0 Å². The molecular weight excluding hydrogens is 448 g/mol. The molecule has 1 aromatic carbocycles. The van der Waals surface area contributed by atoms with Crippen LogP contribution < -0.4 is 15.4 Å². The summed E-state index contributed by atoms with van der Waals surface area (Å²) in [6, 6.07) is 7.44. The van der Waals surface area contributed by atoms with Gasteiger partial charge in [0.25, 0.3) is 0 Å². The highest BCUT2D eigenvalue weighted by Gasteiger charge is 2.29. The fourth-order valence-electron chi connectivity index (χ4n) is 3.82. The van der Waals surface area contributed by atoms with Crippen molar-refractivity contribution in [1.29, 1.82) is 0 Å². The van der Waals surface area contributed by atoms with Gasteiger partial charge in [-0.15, -0.1) is 20.4 Å². The first-order chi connectivity index (χ1) is 15.5. The van der Waals surface area contributed by atoms with Crippen molar-refractivity contribution in [2.45, 2.75) is 50.9 Å². The Hall–Kier alpha value is -2.92. The van der Waals surface area contributed by atoms with Crippen LogP contribution in [-0.2, 0) is 16.0 Å². The van der Waals surface area contributed by atoms with Crippen LogP contribution in [0.1, 0.15) is 60.0 Å². The number of rotatable bonds is 7. The molecule has 2 heterocycles. The number of nitrogens with zero attached hydrogens (tertiary/aromatic N) is 4. The molecular formula is C21H24N6O3S2. The van der Waals surface area contributed by atoms with E-state index in [0.29, 0.717) is 10.3 Å². The average Bonchev–Trinajstić information content (AvgIpc) is 3.43. The fraction of sp³-hybridized carbons (Fsp3) is 0.429. The summed E-state index contributed by atoms with van der Waals surface area (Å²) in [6.45, 7) is 1.46. The lowest BCUT2D eigenvalue weighted by molar-refractivity contribution is -0.116. The second-order valence-electron chi connectivity index (χ2n) is 7.71. The maximum atomic E-state index is 12.4. The van der Waals surface area contributed by atoms with Gasteiger partial charge < -0.3 is 15.4 Å². The molecule has 1 aliphatic carbocycles. The van der Waals surface area contributed by atoms with Crippen LogP contribution >= 0.6 is 22.7 Å². The minimum absolute atomic E-state index is 0.137. The number of anilines is 2. The van der Waals surface area contributed by atoms with Crippen LogP contribution in [-0.4, -0.2) is 39.3 Å². The molecule has 0 radical (unpaired) electrons. The molecule has 0 unspecified atom stereocenters. The Morgan fingerprint density at radius 2 is 1.69 bits per heavy atom. The number of methoxy groups -OCH3 is 1. The maximum absolute atomic E-state index is 12.4. The molecule has 1 aliphatic rings. The Kier molecular flexibility index (Phi) is 7.05. The van der Waals surface area contributed by atoms with E-state index < -0.39 is 0 Å². The highest BCUT2D eigenvalue weighted by molar-refractivity contribution is 7.15. The summed E-state index contributed by atoms with van der Waals surface area (Å²) in [6.07, 6.45) is 4.27. The topological polar surface area (TPSA) is 119 Å². The summed E-state index contributed by atoms with van der Waals surface area (Å²) in [5.74, 6) is 0.984. The van der Waals surface area contributed by atoms with Gasteiger partial charge in [0, 0.05) is 18.8 Å². The van der Waals surface area contributed by atoms with E-state index in [2.05, 4.69) is 31.0 Å². The number of benzene rings is 1. The fourth-order valence-corrected chi connectivity index (χ4v) is 5.66. The van der Waals surface area contributed by atoms with E-state index in [4.69, 9.17) is 4.74 Å². The van der Waals surface area contributed by atoms with E-state index in [9.17, 15) is 9.59 Å². The van der Waals surface area contributed by atoms with Crippen LogP contribution in [0.25, 0.3) is 0 Å². The lowest BCUT2D eigenvalue weighted by atomic mass is 9.82. The lowest BCUT2D eigenvalue weighted by Gasteiger charge is -2.25. The Bertz CT molecular complexity index is 1100. The zero-order valence-corrected chi connectivity index (χ0v) is 19.5. The molecule has 2 atom stereocenters. The molecule has 2 aromatic heterocycles. The van der Waals surface area contributed by atoms with Gasteiger partial charge in [0.15, 0.2) is 0 Å². The summed E-state index contributed by atoms with van der Waals surface area (Å²) in [5.41, 5.74) is 0.873. The highest BCUT2D eigenvalue weighted by Crippen LogP contribution is 2.43. The van der Waals surface area contributed by atoms with E-state index in [-0.39, 0.29) is 30.1 Å². The van der Waals surface area contributed by atoms with Gasteiger partial charge in [0.05, 0.1) is 13.5 Å². The van der Waals surface area contributed by atoms with Gasteiger partial charge >= 0.3 is 0 Å². The van der Waals surface area contributed by atoms with Gasteiger partial charge in [0.1, 0.15) is 15.8 Å². The van der Waals surface area contributed by atoms with Crippen LogP contribution in [0.2, 0.25) is 0 Å². The Morgan fingerprint density at radius 1 is 1.03 bits per heavy atom. The van der Waals surface area contributed by atoms with Gasteiger partial charge in [-0.1, -0.05) is 41.2 Å². The number of carbonyl (C=O) groups is 2. The van der Waals surface area contributed by atoms with Crippen LogP contribution in [0.15, 0.2) is 24.3 Å². The summed E-state index contributed by atoms with van der Waals surface area (Å²) in [4.78, 5) is 23.7. The van der Waals surface area contributed by atoms with Crippen molar-refractivity contribution < 1.29 is 14.3 Å². The van der Waals surface area contributed by atoms with Gasteiger partial charge in [-0.25, -0.2) is 0 Å². The zero-order chi connectivity index (χ0) is 22.5. The largest absolute Gasteiger partial charge is 0.497 e. The third kappa shape index (κ3) is 5.65. The minimum Gasteiger partial charge on any atom is -0.497 e. The lowest BCUT2D eigenvalue weighted by Crippen LogP contribution is -2.14. The van der Waals surface area contributed by atoms with Gasteiger partial charge in [-0.05, 0) is 37.0 Å². The molecule has 0 aliphatic heterocycles. The van der Waals surface area contributed by atoms with E-state index >= 15 is 0 Å². The normalized spacial score (nSPS) is 18.2. The molecule has 168 valence electrons. The number of nitrogens with one attached hydrogen (secondary N) is 2. The second-order valence-corrected chi connectivity index (χ2v) is 9.73. The van der Waals surface area contributed by atoms with E-state index in [1.807, 2.05) is 24.3 Å². The molecule has 0 saturated heterocycles. The van der Waals surface area contributed by atoms with Gasteiger partial charge in [0.2, 0.25) is 22.1 Å². The first kappa shape index (κ1) is 22.3. The first-order valence-electron chi connectivity index (χ1n) is 10.4. The third-order valence-electron chi connectivity index (χ3n) is 5.28. The standard InChI is InChI=1S/C21H24N6O3S2/c1-12(28)22-20-26-24-18(31-20)14-6-4-7-15(11-14)19-25-27-21(32-19)23-17(29)10-13-5-3-8-16(9-13)30-2/h3,5,8-9,14-15H,4,6-7,10-11H2,1-2H3,(H,22,26,28)(H,23,27,29)/t14-,15-/m0/s1. The van der Waals surface area contributed by atoms with Crippen molar-refractivity contribution in [2.75, 3.05) is 17.7 Å². The summed E-state index contributed by atoms with van der Waals surface area (Å²) in [7, 11) is 1.60. The molecule has 0 bridgehead atoms. The molecule has 11 heteroatoms. The molecule has 9 nitrogen and oxygen atoms in total. The second kappa shape index (κ2) is 10.1. The van der Waals surface area contributed by atoms with Crippen molar-refractivity contribution in [1.82, 2.24) is 20.4 Å². The maximum Gasteiger partial charge on any atom is 0.230 e. The number of amides is 2. The third-order valence-corrected chi connectivity index (χ3v) is 7.28. The van der Waals surface area contributed by atoms with Crippen molar-refractivity contribution in [3.05, 3.63) is 39.8 Å². The molecule has 0 spiro atoms. The van der Waals surface area contributed by atoms with Gasteiger partial charge in [-0.2, -0.15) is 0 Å². The Morgan fingerprint density at radius 3 is 2.31 bits per heavy atom. The average molecular weight is 473 g/mol. The Labute approximate surface area is 193 Å². The summed E-state index contributed by atoms with van der Waals surface area (Å²) >= 11 is 2.86. The van der Waals surface area contributed by atoms with Crippen LogP contribution in [0.3, 0.4) is 0 Å². The minimum atomic E-state index is -0.149. The molecule has 2 N–H and O–H groups in total. The SMILES string of the molecule is COc1cccc(CC(=O)Nc2nnc([C@H]3CCC[C@H](c4nnc(NC(C)=O)s4)C3)s2)c1. The summed E-state index contributed by atoms with van der Waals surface area (Å²) in [5, 5.41) is 25.3. The number of ether oxygens (including phenoxy) is 1. The van der Waals surface area contributed by atoms with Crippen LogP contribution in [0.4, 0.5) is 10.3 Å². The molecule has 1 saturated carbocycles. The number of carbonyl (C=O) groups excluding carboxylic acids is 2. The molecule has 3 aromatic rings. The summed E-state index contributed by atoms with van der Waals surface area (Å²) < 4.78 is 5.21. The molecule has 2 amide bonds. The first-order valence-corrected chi connectivity index (χ1v) is 12.0. The monoisotopic (exact) mass is 472 g/mol. The van der Waals surface area contributed by atoms with E-state index in [1.165, 1.54) is 29.6 Å². The van der Waals surface area contributed by atoms with Gasteiger partial charge in [-0.3, -0.25) is 9.59 Å². The molecule has 1 fully saturated rings. The zero-order valence-electron chi connectivity index (χ0n) is 17.8. The quantitative estimate of drug-likeness (QED) is 0.534. The van der Waals surface area contributed by atoms with Crippen LogP contribution in [0, 0.1) is 0 Å². The van der Waals surface area contributed by atoms with Crippen molar-refractivity contribution in [3.8, 4) is 5.75 Å². The van der Waals surface area contributed by atoms with Crippen molar-refractivity contribution in [3.63, 3.8) is 0 Å². The predicted molar refractivity (Wildman–Crippen MR) is 123 cm³/mol. The van der Waals surface area contributed by atoms with E-state index in [1.54, 1.807) is 7.11 Å². The van der Waals surface area contributed by atoms with Crippen molar-refractivity contribution >= 4 is 44.8 Å². The van der Waals surface area contributed by atoms with E-state index in [0.717, 1.165) is 47.0 Å². The molecule has 4 rings (SSSR count). The number of aromatic nitrogens is 4. The number of hydrogen-bond acceptors (Lipinski definition) is 9. The Balaban J connectivity index is 1.35. The smallest absolute Gasteiger partial charge is 0.230 e. The van der Waals surface area contributed by atoms with Crippen LogP contribution in [0.5, 0.6) is 5.75 Å². The predicted octanol–water partition coefficient (Wildman–Crippen LogP) is 3.98. The molecule has 32 heavy (non-hydrogen) atoms.